The molecule has 34 heavy (non-hydrogen) atoms. The third-order valence-electron chi connectivity index (χ3n) is 6.07. The molecule has 1 atom stereocenters. The number of aryl methyl sites for hydroxylation is 1. The first-order chi connectivity index (χ1) is 16.5. The molecule has 0 radical (unpaired) electrons. The fourth-order valence-corrected chi connectivity index (χ4v) is 4.49. The molecule has 1 aliphatic heterocycles. The Morgan fingerprint density at radius 1 is 1.06 bits per heavy atom. The zero-order valence-electron chi connectivity index (χ0n) is 19.1. The van der Waals surface area contributed by atoms with E-state index in [1.165, 1.54) is 0 Å². The van der Waals surface area contributed by atoms with Crippen molar-refractivity contribution < 1.29 is 18.7 Å². The normalized spacial score (nSPS) is 15.4. The van der Waals surface area contributed by atoms with Crippen molar-refractivity contribution in [2.24, 2.45) is 0 Å². The molecule has 2 aromatic carbocycles. The summed E-state index contributed by atoms with van der Waals surface area (Å²) in [5, 5.41) is 0.604. The lowest BCUT2D eigenvalue weighted by Crippen LogP contribution is -2.51. The van der Waals surface area contributed by atoms with Gasteiger partial charge in [-0.1, -0.05) is 35.9 Å². The summed E-state index contributed by atoms with van der Waals surface area (Å²) >= 11 is 6.01. The number of esters is 1. The zero-order chi connectivity index (χ0) is 24.1. The van der Waals surface area contributed by atoms with Crippen LogP contribution in [0.2, 0.25) is 5.02 Å². The van der Waals surface area contributed by atoms with Gasteiger partial charge in [-0.2, -0.15) is 0 Å². The molecule has 0 N–H and O–H groups in total. The van der Waals surface area contributed by atoms with Gasteiger partial charge < -0.3 is 14.1 Å². The van der Waals surface area contributed by atoms with Crippen LogP contribution >= 0.6 is 11.6 Å². The maximum atomic E-state index is 12.8. The maximum absolute atomic E-state index is 12.8. The maximum Gasteiger partial charge on any atom is 0.419 e. The molecule has 180 valence electrons. The molecular weight excluding hydrogens is 458 g/mol. The van der Waals surface area contributed by atoms with E-state index in [0.29, 0.717) is 62.8 Å². The largest absolute Gasteiger partial charge is 0.465 e. The zero-order valence-corrected chi connectivity index (χ0v) is 19.9. The number of halogens is 1. The van der Waals surface area contributed by atoms with Crippen molar-refractivity contribution in [2.75, 3.05) is 32.8 Å². The van der Waals surface area contributed by atoms with Crippen LogP contribution in [0.15, 0.2) is 57.7 Å². The Balaban J connectivity index is 1.33. The number of amides is 1. The Morgan fingerprint density at radius 2 is 1.76 bits per heavy atom. The first-order valence-electron chi connectivity index (χ1n) is 11.5. The Kier molecular flexibility index (Phi) is 7.70. The molecule has 0 bridgehead atoms. The molecule has 1 saturated heterocycles. The van der Waals surface area contributed by atoms with Crippen LogP contribution in [-0.2, 0) is 20.9 Å². The minimum Gasteiger partial charge on any atom is -0.465 e. The summed E-state index contributed by atoms with van der Waals surface area (Å²) in [6, 6.07) is 13.9. The Bertz CT molecular complexity index is 1200. The molecule has 1 fully saturated rings. The number of ether oxygens (including phenoxy) is 1. The van der Waals surface area contributed by atoms with Gasteiger partial charge in [-0.15, -0.1) is 0 Å². The van der Waals surface area contributed by atoms with Crippen molar-refractivity contribution in [2.45, 2.75) is 32.4 Å². The molecular formula is C25H28ClN3O5. The van der Waals surface area contributed by atoms with Crippen LogP contribution in [0.1, 0.15) is 31.4 Å². The van der Waals surface area contributed by atoms with Gasteiger partial charge in [-0.3, -0.25) is 14.3 Å². The van der Waals surface area contributed by atoms with Crippen LogP contribution in [0.5, 0.6) is 0 Å². The van der Waals surface area contributed by atoms with Gasteiger partial charge >= 0.3 is 11.7 Å². The number of nitrogens with zero attached hydrogens (tertiary/aromatic N) is 3. The van der Waals surface area contributed by atoms with Crippen molar-refractivity contribution in [3.05, 3.63) is 69.7 Å². The molecule has 1 aliphatic rings. The van der Waals surface area contributed by atoms with Gasteiger partial charge in [-0.05, 0) is 43.2 Å². The standard InChI is InChI=1S/C25H28ClN3O5/c1-2-33-24(31)23(18-9-11-19(26)12-10-18)28-16-14-27(15-17-28)22(30)8-5-13-29-20-6-3-4-7-21(20)34-25(29)32/h3-4,6-7,9-12,23H,2,5,8,13-17H2,1H3. The van der Waals surface area contributed by atoms with Gasteiger partial charge in [-0.25, -0.2) is 9.59 Å². The molecule has 8 nitrogen and oxygen atoms in total. The second-order valence-corrected chi connectivity index (χ2v) is 8.65. The fraction of sp³-hybridized carbons (Fsp3) is 0.400. The van der Waals surface area contributed by atoms with Crippen molar-refractivity contribution in [3.63, 3.8) is 0 Å². The summed E-state index contributed by atoms with van der Waals surface area (Å²) < 4.78 is 12.1. The lowest BCUT2D eigenvalue weighted by atomic mass is 10.0. The molecule has 3 aromatic rings. The summed E-state index contributed by atoms with van der Waals surface area (Å²) in [5.74, 6) is -0.670. The molecule has 9 heteroatoms. The van der Waals surface area contributed by atoms with E-state index in [1.54, 1.807) is 29.7 Å². The van der Waals surface area contributed by atoms with Crippen LogP contribution in [-0.4, -0.2) is 59.0 Å². The highest BCUT2D eigenvalue weighted by Crippen LogP contribution is 2.25. The topological polar surface area (TPSA) is 85.0 Å². The number of benzene rings is 2. The molecule has 1 amide bonds. The van der Waals surface area contributed by atoms with E-state index < -0.39 is 11.8 Å². The molecule has 1 unspecified atom stereocenters. The van der Waals surface area contributed by atoms with Crippen molar-refractivity contribution in [1.29, 1.82) is 0 Å². The van der Waals surface area contributed by atoms with E-state index in [2.05, 4.69) is 0 Å². The SMILES string of the molecule is CCOC(=O)C(c1ccc(Cl)cc1)N1CCN(C(=O)CCCn2c(=O)oc3ccccc32)CC1. The molecule has 0 saturated carbocycles. The van der Waals surface area contributed by atoms with E-state index in [-0.39, 0.29) is 11.9 Å². The smallest absolute Gasteiger partial charge is 0.419 e. The summed E-state index contributed by atoms with van der Waals surface area (Å²) in [5.41, 5.74) is 2.10. The Hall–Kier alpha value is -3.10. The number of carbonyl (C=O) groups is 2. The Morgan fingerprint density at radius 3 is 2.47 bits per heavy atom. The van der Waals surface area contributed by atoms with Gasteiger partial charge in [0.25, 0.3) is 0 Å². The van der Waals surface area contributed by atoms with Crippen molar-refractivity contribution in [1.82, 2.24) is 14.4 Å². The van der Waals surface area contributed by atoms with Gasteiger partial charge in [0.1, 0.15) is 6.04 Å². The minimum absolute atomic E-state index is 0.0414. The van der Waals surface area contributed by atoms with E-state index in [4.69, 9.17) is 20.8 Å². The first kappa shape index (κ1) is 24.0. The van der Waals surface area contributed by atoms with E-state index in [0.717, 1.165) is 11.1 Å². The fourth-order valence-electron chi connectivity index (χ4n) is 4.36. The number of piperazine rings is 1. The molecule has 4 rings (SSSR count). The van der Waals surface area contributed by atoms with Crippen LogP contribution in [0.25, 0.3) is 11.1 Å². The summed E-state index contributed by atoms with van der Waals surface area (Å²) in [6.07, 6.45) is 0.878. The molecule has 0 aliphatic carbocycles. The van der Waals surface area contributed by atoms with Crippen LogP contribution in [0, 0.1) is 0 Å². The number of para-hydroxylation sites is 2. The van der Waals surface area contributed by atoms with Crippen LogP contribution in [0.3, 0.4) is 0 Å². The number of rotatable bonds is 8. The number of aromatic nitrogens is 1. The van der Waals surface area contributed by atoms with Gasteiger partial charge in [0, 0.05) is 44.2 Å². The number of carbonyl (C=O) groups excluding carboxylic acids is 2. The van der Waals surface area contributed by atoms with Crippen molar-refractivity contribution >= 4 is 34.6 Å². The summed E-state index contributed by atoms with van der Waals surface area (Å²) in [4.78, 5) is 41.5. The highest BCUT2D eigenvalue weighted by molar-refractivity contribution is 6.30. The number of hydrogen-bond acceptors (Lipinski definition) is 6. The number of fused-ring (bicyclic) bond motifs is 1. The van der Waals surface area contributed by atoms with Crippen LogP contribution in [0.4, 0.5) is 0 Å². The summed E-state index contributed by atoms with van der Waals surface area (Å²) in [7, 11) is 0. The van der Waals surface area contributed by atoms with E-state index in [9.17, 15) is 14.4 Å². The first-order valence-corrected chi connectivity index (χ1v) is 11.9. The van der Waals surface area contributed by atoms with Crippen LogP contribution < -0.4 is 5.76 Å². The highest BCUT2D eigenvalue weighted by atomic mass is 35.5. The number of oxazole rings is 1. The molecule has 1 aromatic heterocycles. The second kappa shape index (κ2) is 10.9. The predicted molar refractivity (Wildman–Crippen MR) is 129 cm³/mol. The predicted octanol–water partition coefficient (Wildman–Crippen LogP) is 3.48. The quantitative estimate of drug-likeness (QED) is 0.454. The summed E-state index contributed by atoms with van der Waals surface area (Å²) in [6.45, 7) is 4.68. The monoisotopic (exact) mass is 485 g/mol. The molecule has 2 heterocycles. The average molecular weight is 486 g/mol. The lowest BCUT2D eigenvalue weighted by Gasteiger charge is -2.38. The van der Waals surface area contributed by atoms with Gasteiger partial charge in [0.05, 0.1) is 12.1 Å². The molecule has 0 spiro atoms. The minimum atomic E-state index is -0.532. The van der Waals surface area contributed by atoms with Gasteiger partial charge in [0.2, 0.25) is 5.91 Å². The average Bonchev–Trinajstić information content (AvgIpc) is 3.16. The van der Waals surface area contributed by atoms with E-state index in [1.807, 2.05) is 40.1 Å². The highest BCUT2D eigenvalue weighted by Gasteiger charge is 2.32. The lowest BCUT2D eigenvalue weighted by molar-refractivity contribution is -0.151. The third-order valence-corrected chi connectivity index (χ3v) is 6.33. The van der Waals surface area contributed by atoms with E-state index >= 15 is 0 Å². The number of hydrogen-bond donors (Lipinski definition) is 0. The third kappa shape index (κ3) is 5.34. The second-order valence-electron chi connectivity index (χ2n) is 8.21. The Labute approximate surface area is 202 Å². The van der Waals surface area contributed by atoms with Gasteiger partial charge in [0.15, 0.2) is 5.58 Å². The van der Waals surface area contributed by atoms with Crippen molar-refractivity contribution in [3.8, 4) is 0 Å².